The number of fused-ring (bicyclic) bond motifs is 1. The number of methoxy groups -OCH3 is 1. The van der Waals surface area contributed by atoms with Crippen LogP contribution in [-0.2, 0) is 4.79 Å². The first kappa shape index (κ1) is 13.9. The Labute approximate surface area is 119 Å². The van der Waals surface area contributed by atoms with E-state index in [0.29, 0.717) is 27.8 Å². The standard InChI is InChI=1S/C12H14ClN3O2S/c1-3-4-9(17)15-16-12-14-10-8(18-2)6-5-7(13)11(10)19-12/h5-6H,3-4H2,1-2H3,(H,14,16)(H,15,17). The highest BCUT2D eigenvalue weighted by Crippen LogP contribution is 2.36. The van der Waals surface area contributed by atoms with Crippen LogP contribution in [0.15, 0.2) is 12.1 Å². The van der Waals surface area contributed by atoms with E-state index in [9.17, 15) is 4.79 Å². The largest absolute Gasteiger partial charge is 0.494 e. The summed E-state index contributed by atoms with van der Waals surface area (Å²) in [5, 5.41) is 1.19. The zero-order chi connectivity index (χ0) is 13.8. The predicted molar refractivity (Wildman–Crippen MR) is 77.9 cm³/mol. The Balaban J connectivity index is 2.21. The summed E-state index contributed by atoms with van der Waals surface area (Å²) < 4.78 is 6.06. The zero-order valence-electron chi connectivity index (χ0n) is 10.6. The van der Waals surface area contributed by atoms with Crippen molar-refractivity contribution in [2.75, 3.05) is 12.5 Å². The van der Waals surface area contributed by atoms with Gasteiger partial charge < -0.3 is 4.74 Å². The van der Waals surface area contributed by atoms with Gasteiger partial charge in [0.25, 0.3) is 0 Å². The van der Waals surface area contributed by atoms with Crippen LogP contribution in [0.2, 0.25) is 5.02 Å². The Morgan fingerprint density at radius 2 is 2.32 bits per heavy atom. The smallest absolute Gasteiger partial charge is 0.238 e. The maximum atomic E-state index is 11.4. The monoisotopic (exact) mass is 299 g/mol. The molecule has 19 heavy (non-hydrogen) atoms. The van der Waals surface area contributed by atoms with Gasteiger partial charge >= 0.3 is 0 Å². The molecule has 1 amide bonds. The van der Waals surface area contributed by atoms with Crippen molar-refractivity contribution in [1.29, 1.82) is 0 Å². The fourth-order valence-corrected chi connectivity index (χ4v) is 2.69. The Hall–Kier alpha value is -1.53. The van der Waals surface area contributed by atoms with Crippen LogP contribution in [0.5, 0.6) is 5.75 Å². The molecule has 1 heterocycles. The van der Waals surface area contributed by atoms with Crippen LogP contribution < -0.4 is 15.6 Å². The van der Waals surface area contributed by atoms with Gasteiger partial charge in [-0.1, -0.05) is 29.9 Å². The molecule has 0 spiro atoms. The summed E-state index contributed by atoms with van der Waals surface area (Å²) in [6.45, 7) is 1.95. The average Bonchev–Trinajstić information content (AvgIpc) is 2.82. The van der Waals surface area contributed by atoms with Gasteiger partial charge in [-0.3, -0.25) is 15.6 Å². The summed E-state index contributed by atoms with van der Waals surface area (Å²) in [5.41, 5.74) is 6.07. The molecule has 102 valence electrons. The van der Waals surface area contributed by atoms with Crippen LogP contribution in [0, 0.1) is 0 Å². The first-order chi connectivity index (χ1) is 9.15. The number of carbonyl (C=O) groups is 1. The van der Waals surface area contributed by atoms with Gasteiger partial charge in [0.15, 0.2) is 0 Å². The lowest BCUT2D eigenvalue weighted by Gasteiger charge is -2.03. The van der Waals surface area contributed by atoms with Gasteiger partial charge in [0.05, 0.1) is 16.8 Å². The molecule has 2 N–H and O–H groups in total. The summed E-state index contributed by atoms with van der Waals surface area (Å²) >= 11 is 7.48. The number of carbonyl (C=O) groups excluding carboxylic acids is 1. The number of halogens is 1. The molecule has 0 saturated carbocycles. The van der Waals surface area contributed by atoms with E-state index in [1.165, 1.54) is 11.3 Å². The summed E-state index contributed by atoms with van der Waals surface area (Å²) in [4.78, 5) is 15.7. The number of ether oxygens (including phenoxy) is 1. The molecule has 5 nitrogen and oxygen atoms in total. The molecule has 0 radical (unpaired) electrons. The molecule has 0 fully saturated rings. The molecule has 2 rings (SSSR count). The molecule has 0 unspecified atom stereocenters. The van der Waals surface area contributed by atoms with Gasteiger partial charge in [-0.15, -0.1) is 0 Å². The minimum absolute atomic E-state index is 0.0696. The van der Waals surface area contributed by atoms with Crippen LogP contribution in [0.1, 0.15) is 19.8 Å². The van der Waals surface area contributed by atoms with Crippen molar-refractivity contribution < 1.29 is 9.53 Å². The summed E-state index contributed by atoms with van der Waals surface area (Å²) in [7, 11) is 1.58. The van der Waals surface area contributed by atoms with Crippen molar-refractivity contribution in [3.63, 3.8) is 0 Å². The number of hydrazine groups is 1. The van der Waals surface area contributed by atoms with Gasteiger partial charge in [-0.2, -0.15) is 0 Å². The van der Waals surface area contributed by atoms with Gasteiger partial charge in [0.2, 0.25) is 11.0 Å². The van der Waals surface area contributed by atoms with Crippen molar-refractivity contribution in [1.82, 2.24) is 10.4 Å². The molecule has 1 aromatic carbocycles. The number of thiazole rings is 1. The third-order valence-electron chi connectivity index (χ3n) is 2.46. The van der Waals surface area contributed by atoms with Crippen molar-refractivity contribution in [2.24, 2.45) is 0 Å². The second-order valence-electron chi connectivity index (χ2n) is 3.87. The molecule has 0 bridgehead atoms. The van der Waals surface area contributed by atoms with Crippen LogP contribution in [-0.4, -0.2) is 18.0 Å². The topological polar surface area (TPSA) is 63.2 Å². The number of nitrogens with one attached hydrogen (secondary N) is 2. The van der Waals surface area contributed by atoms with Crippen molar-refractivity contribution in [3.05, 3.63) is 17.2 Å². The highest BCUT2D eigenvalue weighted by atomic mass is 35.5. The molecule has 1 aromatic heterocycles. The summed E-state index contributed by atoms with van der Waals surface area (Å²) in [5.74, 6) is 0.586. The molecule has 0 aliphatic carbocycles. The van der Waals surface area contributed by atoms with E-state index in [1.807, 2.05) is 6.92 Å². The van der Waals surface area contributed by atoms with Gasteiger partial charge in [0, 0.05) is 6.42 Å². The Bertz CT molecular complexity index is 600. The number of hydrogen-bond acceptors (Lipinski definition) is 5. The second kappa shape index (κ2) is 6.08. The van der Waals surface area contributed by atoms with Gasteiger partial charge in [0.1, 0.15) is 11.3 Å². The molecule has 2 aromatic rings. The zero-order valence-corrected chi connectivity index (χ0v) is 12.2. The maximum absolute atomic E-state index is 11.4. The van der Waals surface area contributed by atoms with Crippen LogP contribution >= 0.6 is 22.9 Å². The normalized spacial score (nSPS) is 10.5. The number of amides is 1. The van der Waals surface area contributed by atoms with E-state index in [0.717, 1.165) is 11.1 Å². The third-order valence-corrected chi connectivity index (χ3v) is 3.90. The molecule has 0 saturated heterocycles. The quantitative estimate of drug-likeness (QED) is 0.832. The predicted octanol–water partition coefficient (Wildman–Crippen LogP) is 3.20. The van der Waals surface area contributed by atoms with E-state index < -0.39 is 0 Å². The average molecular weight is 300 g/mol. The first-order valence-corrected chi connectivity index (χ1v) is 7.03. The van der Waals surface area contributed by atoms with Crippen molar-refractivity contribution in [3.8, 4) is 5.75 Å². The maximum Gasteiger partial charge on any atom is 0.238 e. The lowest BCUT2D eigenvalue weighted by Crippen LogP contribution is -2.28. The lowest BCUT2D eigenvalue weighted by atomic mass is 10.3. The van der Waals surface area contributed by atoms with E-state index in [4.69, 9.17) is 16.3 Å². The van der Waals surface area contributed by atoms with E-state index >= 15 is 0 Å². The fourth-order valence-electron chi connectivity index (χ4n) is 1.58. The van der Waals surface area contributed by atoms with Crippen LogP contribution in [0.25, 0.3) is 10.2 Å². The molecule has 0 aliphatic rings. The molecular formula is C12H14ClN3O2S. The lowest BCUT2D eigenvalue weighted by molar-refractivity contribution is -0.120. The van der Waals surface area contributed by atoms with E-state index in [-0.39, 0.29) is 5.91 Å². The highest BCUT2D eigenvalue weighted by Gasteiger charge is 2.12. The minimum Gasteiger partial charge on any atom is -0.494 e. The molecule has 7 heteroatoms. The number of rotatable bonds is 5. The van der Waals surface area contributed by atoms with Gasteiger partial charge in [-0.05, 0) is 18.6 Å². The molecule has 0 aliphatic heterocycles. The highest BCUT2D eigenvalue weighted by molar-refractivity contribution is 7.22. The Kier molecular flexibility index (Phi) is 4.44. The summed E-state index contributed by atoms with van der Waals surface area (Å²) in [6.07, 6.45) is 1.27. The molecule has 0 atom stereocenters. The number of anilines is 1. The summed E-state index contributed by atoms with van der Waals surface area (Å²) in [6, 6.07) is 3.53. The molecular weight excluding hydrogens is 286 g/mol. The van der Waals surface area contributed by atoms with Gasteiger partial charge in [-0.25, -0.2) is 4.98 Å². The SMILES string of the molecule is CCCC(=O)NNc1nc2c(OC)ccc(Cl)c2s1. The Morgan fingerprint density at radius 1 is 1.53 bits per heavy atom. The fraction of sp³-hybridized carbons (Fsp3) is 0.333. The van der Waals surface area contributed by atoms with Crippen molar-refractivity contribution in [2.45, 2.75) is 19.8 Å². The number of hydrogen-bond donors (Lipinski definition) is 2. The number of aromatic nitrogens is 1. The first-order valence-electron chi connectivity index (χ1n) is 5.83. The minimum atomic E-state index is -0.0696. The number of benzene rings is 1. The third kappa shape index (κ3) is 3.08. The number of nitrogens with zero attached hydrogens (tertiary/aromatic N) is 1. The van der Waals surface area contributed by atoms with Crippen molar-refractivity contribution >= 4 is 44.2 Å². The van der Waals surface area contributed by atoms with Crippen LogP contribution in [0.4, 0.5) is 5.13 Å². The van der Waals surface area contributed by atoms with Crippen LogP contribution in [0.3, 0.4) is 0 Å². The van der Waals surface area contributed by atoms with E-state index in [1.54, 1.807) is 19.2 Å². The second-order valence-corrected chi connectivity index (χ2v) is 5.28. The Morgan fingerprint density at radius 3 is 3.00 bits per heavy atom. The van der Waals surface area contributed by atoms with E-state index in [2.05, 4.69) is 15.8 Å².